The van der Waals surface area contributed by atoms with Crippen molar-refractivity contribution >= 4 is 39.2 Å². The predicted molar refractivity (Wildman–Crippen MR) is 113 cm³/mol. The molecule has 2 aromatic rings. The van der Waals surface area contributed by atoms with Gasteiger partial charge in [0.05, 0.1) is 28.7 Å². The minimum atomic E-state index is -3.83. The minimum Gasteiger partial charge on any atom is -0.454 e. The van der Waals surface area contributed by atoms with Crippen LogP contribution in [0.25, 0.3) is 0 Å². The Morgan fingerprint density at radius 1 is 1.06 bits per heavy atom. The smallest absolute Gasteiger partial charge is 0.340 e. The van der Waals surface area contributed by atoms with E-state index in [4.69, 9.17) is 30.5 Å². The molecule has 0 saturated carbocycles. The summed E-state index contributed by atoms with van der Waals surface area (Å²) in [5, 5.41) is 2.58. The Morgan fingerprint density at radius 3 is 2.59 bits per heavy atom. The van der Waals surface area contributed by atoms with Crippen LogP contribution in [-0.4, -0.2) is 64.3 Å². The van der Waals surface area contributed by atoms with E-state index in [1.54, 1.807) is 18.2 Å². The average Bonchev–Trinajstić information content (AvgIpc) is 3.26. The normalized spacial score (nSPS) is 15.9. The molecule has 2 heterocycles. The van der Waals surface area contributed by atoms with Crippen LogP contribution in [0.1, 0.15) is 10.4 Å². The number of morpholine rings is 1. The van der Waals surface area contributed by atoms with E-state index in [0.717, 1.165) is 6.07 Å². The van der Waals surface area contributed by atoms with Crippen molar-refractivity contribution in [1.29, 1.82) is 0 Å². The number of halogens is 1. The molecule has 0 radical (unpaired) electrons. The van der Waals surface area contributed by atoms with Crippen LogP contribution in [-0.2, 0) is 24.3 Å². The molecule has 2 aliphatic heterocycles. The van der Waals surface area contributed by atoms with Gasteiger partial charge in [-0.05, 0) is 30.3 Å². The molecule has 0 aliphatic carbocycles. The summed E-state index contributed by atoms with van der Waals surface area (Å²) < 4.78 is 47.5. The molecule has 1 fully saturated rings. The Labute approximate surface area is 189 Å². The van der Waals surface area contributed by atoms with Crippen LogP contribution in [0.4, 0.5) is 5.69 Å². The Kier molecular flexibility index (Phi) is 6.51. The summed E-state index contributed by atoms with van der Waals surface area (Å²) in [7, 11) is -3.83. The molecular weight excluding hydrogens is 464 g/mol. The highest BCUT2D eigenvalue weighted by molar-refractivity contribution is 7.89. The summed E-state index contributed by atoms with van der Waals surface area (Å²) >= 11 is 6.07. The van der Waals surface area contributed by atoms with E-state index >= 15 is 0 Å². The lowest BCUT2D eigenvalue weighted by Crippen LogP contribution is -2.40. The second kappa shape index (κ2) is 9.33. The number of amides is 1. The maximum Gasteiger partial charge on any atom is 0.340 e. The number of nitrogens with one attached hydrogen (secondary N) is 1. The zero-order valence-corrected chi connectivity index (χ0v) is 18.3. The fourth-order valence-corrected chi connectivity index (χ4v) is 4.77. The van der Waals surface area contributed by atoms with Gasteiger partial charge in [-0.2, -0.15) is 4.31 Å². The van der Waals surface area contributed by atoms with E-state index in [-0.39, 0.29) is 35.4 Å². The van der Waals surface area contributed by atoms with Crippen molar-refractivity contribution in [3.05, 3.63) is 47.0 Å². The summed E-state index contributed by atoms with van der Waals surface area (Å²) in [4.78, 5) is 24.5. The first-order valence-electron chi connectivity index (χ1n) is 9.59. The van der Waals surface area contributed by atoms with Crippen molar-refractivity contribution in [2.45, 2.75) is 4.90 Å². The molecule has 4 rings (SSSR count). The number of carbonyl (C=O) groups is 2. The van der Waals surface area contributed by atoms with Crippen molar-refractivity contribution in [3.63, 3.8) is 0 Å². The molecule has 0 atom stereocenters. The van der Waals surface area contributed by atoms with E-state index in [1.807, 2.05) is 0 Å². The summed E-state index contributed by atoms with van der Waals surface area (Å²) in [5.41, 5.74) is 0.281. The van der Waals surface area contributed by atoms with Crippen LogP contribution in [0.5, 0.6) is 11.5 Å². The number of esters is 1. The van der Waals surface area contributed by atoms with Crippen LogP contribution >= 0.6 is 11.6 Å². The molecule has 1 saturated heterocycles. The molecule has 2 aromatic carbocycles. The highest BCUT2D eigenvalue weighted by atomic mass is 35.5. The highest BCUT2D eigenvalue weighted by Crippen LogP contribution is 2.34. The summed E-state index contributed by atoms with van der Waals surface area (Å²) in [5.74, 6) is -0.457. The molecule has 12 heteroatoms. The van der Waals surface area contributed by atoms with Crippen LogP contribution < -0.4 is 14.8 Å². The molecule has 0 bridgehead atoms. The number of fused-ring (bicyclic) bond motifs is 1. The van der Waals surface area contributed by atoms with Gasteiger partial charge in [0.1, 0.15) is 0 Å². The number of sulfonamides is 1. The van der Waals surface area contributed by atoms with E-state index in [1.165, 1.54) is 16.4 Å². The second-order valence-corrected chi connectivity index (χ2v) is 9.20. The van der Waals surface area contributed by atoms with Crippen molar-refractivity contribution in [1.82, 2.24) is 4.31 Å². The summed E-state index contributed by atoms with van der Waals surface area (Å²) in [6.45, 7) is 0.519. The van der Waals surface area contributed by atoms with E-state index in [0.29, 0.717) is 30.4 Å². The monoisotopic (exact) mass is 482 g/mol. The van der Waals surface area contributed by atoms with Gasteiger partial charge in [0, 0.05) is 24.8 Å². The largest absolute Gasteiger partial charge is 0.454 e. The number of ether oxygens (including phenoxy) is 4. The van der Waals surface area contributed by atoms with Gasteiger partial charge in [-0.1, -0.05) is 11.6 Å². The lowest BCUT2D eigenvalue weighted by molar-refractivity contribution is -0.119. The number of rotatable bonds is 6. The first kappa shape index (κ1) is 22.3. The lowest BCUT2D eigenvalue weighted by Gasteiger charge is -2.26. The van der Waals surface area contributed by atoms with E-state index in [9.17, 15) is 18.0 Å². The Hall–Kier alpha value is -2.86. The van der Waals surface area contributed by atoms with Gasteiger partial charge in [-0.3, -0.25) is 4.79 Å². The SMILES string of the molecule is O=C(COC(=O)c1cc(S(=O)(=O)N2CCOCC2)ccc1Cl)Nc1ccc2c(c1)OCO2. The third-order valence-electron chi connectivity index (χ3n) is 4.76. The molecule has 1 N–H and O–H groups in total. The lowest BCUT2D eigenvalue weighted by atomic mass is 10.2. The molecule has 0 unspecified atom stereocenters. The zero-order valence-electron chi connectivity index (χ0n) is 16.7. The third-order valence-corrected chi connectivity index (χ3v) is 6.98. The van der Waals surface area contributed by atoms with Gasteiger partial charge in [-0.15, -0.1) is 0 Å². The molecular formula is C20H19ClN2O8S. The molecule has 10 nitrogen and oxygen atoms in total. The topological polar surface area (TPSA) is 120 Å². The van der Waals surface area contributed by atoms with Gasteiger partial charge in [0.25, 0.3) is 5.91 Å². The maximum absolute atomic E-state index is 12.8. The molecule has 32 heavy (non-hydrogen) atoms. The van der Waals surface area contributed by atoms with E-state index in [2.05, 4.69) is 5.32 Å². The number of carbonyl (C=O) groups excluding carboxylic acids is 2. The van der Waals surface area contributed by atoms with Crippen LogP contribution in [0.2, 0.25) is 5.02 Å². The Morgan fingerprint density at radius 2 is 1.81 bits per heavy atom. The quantitative estimate of drug-likeness (QED) is 0.620. The molecule has 170 valence electrons. The van der Waals surface area contributed by atoms with Gasteiger partial charge in [-0.25, -0.2) is 13.2 Å². The number of benzene rings is 2. The summed E-state index contributed by atoms with van der Waals surface area (Å²) in [6.07, 6.45) is 0. The molecule has 0 aromatic heterocycles. The molecule has 0 spiro atoms. The van der Waals surface area contributed by atoms with Gasteiger partial charge >= 0.3 is 5.97 Å². The Balaban J connectivity index is 1.40. The Bertz CT molecular complexity index is 1150. The average molecular weight is 483 g/mol. The van der Waals surface area contributed by atoms with Gasteiger partial charge in [0.2, 0.25) is 16.8 Å². The fourth-order valence-electron chi connectivity index (χ4n) is 3.14. The molecule has 1 amide bonds. The van der Waals surface area contributed by atoms with Crippen molar-refractivity contribution in [3.8, 4) is 11.5 Å². The number of nitrogens with zero attached hydrogens (tertiary/aromatic N) is 1. The third kappa shape index (κ3) is 4.80. The zero-order chi connectivity index (χ0) is 22.7. The van der Waals surface area contributed by atoms with Crippen LogP contribution in [0, 0.1) is 0 Å². The maximum atomic E-state index is 12.8. The standard InChI is InChI=1S/C20H19ClN2O8S/c21-16-3-2-14(32(26,27)23-5-7-28-8-6-23)10-15(16)20(25)29-11-19(24)22-13-1-4-17-18(9-13)31-12-30-17/h1-4,9-10H,5-8,11-12H2,(H,22,24). The minimum absolute atomic E-state index is 0.00658. The number of hydrogen-bond donors (Lipinski definition) is 1. The van der Waals surface area contributed by atoms with Crippen molar-refractivity contribution in [2.75, 3.05) is 45.0 Å². The van der Waals surface area contributed by atoms with Crippen LogP contribution in [0.15, 0.2) is 41.3 Å². The predicted octanol–water partition coefficient (Wildman–Crippen LogP) is 1.89. The molecule has 2 aliphatic rings. The van der Waals surface area contributed by atoms with Crippen LogP contribution in [0.3, 0.4) is 0 Å². The van der Waals surface area contributed by atoms with Gasteiger partial charge in [0.15, 0.2) is 18.1 Å². The highest BCUT2D eigenvalue weighted by Gasteiger charge is 2.28. The number of anilines is 1. The van der Waals surface area contributed by atoms with Crippen molar-refractivity contribution < 1.29 is 37.0 Å². The van der Waals surface area contributed by atoms with Crippen molar-refractivity contribution in [2.24, 2.45) is 0 Å². The van der Waals surface area contributed by atoms with Gasteiger partial charge < -0.3 is 24.3 Å². The summed E-state index contributed by atoms with van der Waals surface area (Å²) in [6, 6.07) is 8.60. The fraction of sp³-hybridized carbons (Fsp3) is 0.300. The second-order valence-electron chi connectivity index (χ2n) is 6.85. The first-order chi connectivity index (χ1) is 15.3. The first-order valence-corrected chi connectivity index (χ1v) is 11.4. The number of hydrogen-bond acceptors (Lipinski definition) is 8. The van der Waals surface area contributed by atoms with E-state index < -0.39 is 28.5 Å².